The van der Waals surface area contributed by atoms with E-state index in [-0.39, 0.29) is 6.04 Å². The lowest BCUT2D eigenvalue weighted by molar-refractivity contribution is 0.733. The van der Waals surface area contributed by atoms with Crippen molar-refractivity contribution in [3.63, 3.8) is 0 Å². The number of aryl methyl sites for hydroxylation is 1. The van der Waals surface area contributed by atoms with Crippen LogP contribution in [0.15, 0.2) is 30.7 Å². The van der Waals surface area contributed by atoms with E-state index < -0.39 is 0 Å². The summed E-state index contributed by atoms with van der Waals surface area (Å²) < 4.78 is 2.04. The van der Waals surface area contributed by atoms with Crippen molar-refractivity contribution in [2.24, 2.45) is 5.73 Å². The molecular weight excluding hydrogens is 224 g/mol. The maximum atomic E-state index is 5.78. The Balaban J connectivity index is 2.20. The molecule has 0 aromatic carbocycles. The van der Waals surface area contributed by atoms with E-state index in [0.29, 0.717) is 0 Å². The van der Waals surface area contributed by atoms with E-state index in [0.717, 1.165) is 30.9 Å². The van der Waals surface area contributed by atoms with Crippen LogP contribution in [0, 0.1) is 0 Å². The van der Waals surface area contributed by atoms with Crippen molar-refractivity contribution in [1.82, 2.24) is 14.5 Å². The van der Waals surface area contributed by atoms with Crippen LogP contribution in [0.25, 0.3) is 5.82 Å². The molecule has 0 aliphatic heterocycles. The molecule has 2 N–H and O–H groups in total. The SMILES string of the molecule is CCCc1nccn1-c1ccc(CC(C)N)cn1. The average Bonchev–Trinajstić information content (AvgIpc) is 2.78. The lowest BCUT2D eigenvalue weighted by atomic mass is 10.1. The first-order chi connectivity index (χ1) is 8.70. The van der Waals surface area contributed by atoms with E-state index >= 15 is 0 Å². The highest BCUT2D eigenvalue weighted by atomic mass is 15.1. The summed E-state index contributed by atoms with van der Waals surface area (Å²) in [4.78, 5) is 8.84. The molecule has 2 aromatic rings. The van der Waals surface area contributed by atoms with E-state index in [4.69, 9.17) is 5.73 Å². The van der Waals surface area contributed by atoms with Crippen LogP contribution >= 0.6 is 0 Å². The molecule has 2 aromatic heterocycles. The van der Waals surface area contributed by atoms with Crippen LogP contribution in [-0.2, 0) is 12.8 Å². The molecule has 18 heavy (non-hydrogen) atoms. The second-order valence-corrected chi connectivity index (χ2v) is 4.67. The monoisotopic (exact) mass is 244 g/mol. The highest BCUT2D eigenvalue weighted by Gasteiger charge is 2.05. The summed E-state index contributed by atoms with van der Waals surface area (Å²) in [5.74, 6) is 1.98. The standard InChI is InChI=1S/C14H20N4/c1-3-4-13-16-7-8-18(13)14-6-5-12(10-17-14)9-11(2)15/h5-8,10-11H,3-4,9,15H2,1-2H3. The molecule has 0 aliphatic carbocycles. The first-order valence-corrected chi connectivity index (χ1v) is 6.43. The minimum atomic E-state index is 0.168. The quantitative estimate of drug-likeness (QED) is 0.876. The normalized spacial score (nSPS) is 12.6. The Bertz CT molecular complexity index is 485. The van der Waals surface area contributed by atoms with Crippen LogP contribution < -0.4 is 5.73 Å². The number of nitrogens with two attached hydrogens (primary N) is 1. The zero-order valence-electron chi connectivity index (χ0n) is 11.0. The second-order valence-electron chi connectivity index (χ2n) is 4.67. The number of pyridine rings is 1. The van der Waals surface area contributed by atoms with Crippen molar-refractivity contribution in [3.05, 3.63) is 42.1 Å². The van der Waals surface area contributed by atoms with Crippen LogP contribution in [0.3, 0.4) is 0 Å². The van der Waals surface area contributed by atoms with Gasteiger partial charge in [0.2, 0.25) is 0 Å². The summed E-state index contributed by atoms with van der Waals surface area (Å²) in [5, 5.41) is 0. The highest BCUT2D eigenvalue weighted by molar-refractivity contribution is 5.27. The maximum Gasteiger partial charge on any atom is 0.137 e. The van der Waals surface area contributed by atoms with Gasteiger partial charge >= 0.3 is 0 Å². The molecule has 0 fully saturated rings. The van der Waals surface area contributed by atoms with Gasteiger partial charge in [-0.2, -0.15) is 0 Å². The number of rotatable bonds is 5. The van der Waals surface area contributed by atoms with Crippen molar-refractivity contribution in [1.29, 1.82) is 0 Å². The molecule has 96 valence electrons. The van der Waals surface area contributed by atoms with Gasteiger partial charge in [-0.25, -0.2) is 9.97 Å². The van der Waals surface area contributed by atoms with Crippen LogP contribution in [0.5, 0.6) is 0 Å². The Labute approximate surface area is 108 Å². The third-order valence-corrected chi connectivity index (χ3v) is 2.80. The lowest BCUT2D eigenvalue weighted by Crippen LogP contribution is -2.17. The fourth-order valence-corrected chi connectivity index (χ4v) is 2.00. The van der Waals surface area contributed by atoms with Gasteiger partial charge in [0, 0.05) is 31.1 Å². The molecule has 0 bridgehead atoms. The van der Waals surface area contributed by atoms with Crippen molar-refractivity contribution < 1.29 is 0 Å². The van der Waals surface area contributed by atoms with Crippen molar-refractivity contribution in [2.75, 3.05) is 0 Å². The molecule has 0 saturated heterocycles. The summed E-state index contributed by atoms with van der Waals surface area (Å²) in [6.07, 6.45) is 8.59. The smallest absolute Gasteiger partial charge is 0.137 e. The molecule has 0 radical (unpaired) electrons. The van der Waals surface area contributed by atoms with Gasteiger partial charge in [0.25, 0.3) is 0 Å². The lowest BCUT2D eigenvalue weighted by Gasteiger charge is -2.08. The van der Waals surface area contributed by atoms with Crippen LogP contribution in [0.2, 0.25) is 0 Å². The summed E-state index contributed by atoms with van der Waals surface area (Å²) >= 11 is 0. The van der Waals surface area contributed by atoms with E-state index in [9.17, 15) is 0 Å². The maximum absolute atomic E-state index is 5.78. The number of hydrogen-bond acceptors (Lipinski definition) is 3. The number of hydrogen-bond donors (Lipinski definition) is 1. The third kappa shape index (κ3) is 2.96. The minimum absolute atomic E-state index is 0.168. The molecule has 0 amide bonds. The third-order valence-electron chi connectivity index (χ3n) is 2.80. The molecule has 4 heteroatoms. The van der Waals surface area contributed by atoms with Gasteiger partial charge in [0.1, 0.15) is 11.6 Å². The van der Waals surface area contributed by atoms with Crippen molar-refractivity contribution in [3.8, 4) is 5.82 Å². The number of aromatic nitrogens is 3. The Kier molecular flexibility index (Phi) is 4.10. The topological polar surface area (TPSA) is 56.7 Å². The van der Waals surface area contributed by atoms with E-state index in [1.54, 1.807) is 0 Å². The number of imidazole rings is 1. The van der Waals surface area contributed by atoms with E-state index in [1.165, 1.54) is 5.56 Å². The molecule has 1 atom stereocenters. The van der Waals surface area contributed by atoms with Gasteiger partial charge in [0.15, 0.2) is 0 Å². The van der Waals surface area contributed by atoms with E-state index in [2.05, 4.69) is 23.0 Å². The van der Waals surface area contributed by atoms with Gasteiger partial charge in [-0.1, -0.05) is 13.0 Å². The molecule has 0 spiro atoms. The largest absolute Gasteiger partial charge is 0.328 e. The van der Waals surface area contributed by atoms with Crippen molar-refractivity contribution >= 4 is 0 Å². The molecule has 0 saturated carbocycles. The average molecular weight is 244 g/mol. The van der Waals surface area contributed by atoms with Crippen LogP contribution in [0.1, 0.15) is 31.7 Å². The van der Waals surface area contributed by atoms with Crippen LogP contribution in [0.4, 0.5) is 0 Å². The zero-order valence-corrected chi connectivity index (χ0v) is 11.0. The molecule has 4 nitrogen and oxygen atoms in total. The fraction of sp³-hybridized carbons (Fsp3) is 0.429. The summed E-state index contributed by atoms with van der Waals surface area (Å²) in [6, 6.07) is 4.28. The highest BCUT2D eigenvalue weighted by Crippen LogP contribution is 2.11. The molecule has 1 unspecified atom stereocenters. The predicted molar refractivity (Wildman–Crippen MR) is 72.7 cm³/mol. The van der Waals surface area contributed by atoms with Gasteiger partial charge < -0.3 is 5.73 Å². The van der Waals surface area contributed by atoms with Gasteiger partial charge in [-0.05, 0) is 31.4 Å². The Morgan fingerprint density at radius 1 is 1.33 bits per heavy atom. The zero-order chi connectivity index (χ0) is 13.0. The number of nitrogens with zero attached hydrogens (tertiary/aromatic N) is 3. The van der Waals surface area contributed by atoms with Gasteiger partial charge in [0.05, 0.1) is 0 Å². The predicted octanol–water partition coefficient (Wildman–Crippen LogP) is 2.11. The Morgan fingerprint density at radius 2 is 2.17 bits per heavy atom. The fourth-order valence-electron chi connectivity index (χ4n) is 2.00. The van der Waals surface area contributed by atoms with Crippen LogP contribution in [-0.4, -0.2) is 20.6 Å². The summed E-state index contributed by atoms with van der Waals surface area (Å²) in [5.41, 5.74) is 6.95. The van der Waals surface area contributed by atoms with Crippen molar-refractivity contribution in [2.45, 2.75) is 39.2 Å². The van der Waals surface area contributed by atoms with E-state index in [1.807, 2.05) is 36.1 Å². The second kappa shape index (κ2) is 5.78. The first-order valence-electron chi connectivity index (χ1n) is 6.43. The molecule has 2 rings (SSSR count). The molecule has 2 heterocycles. The molecular formula is C14H20N4. The Morgan fingerprint density at radius 3 is 2.78 bits per heavy atom. The molecule has 0 aliphatic rings. The Hall–Kier alpha value is -1.68. The van der Waals surface area contributed by atoms with Gasteiger partial charge in [-0.15, -0.1) is 0 Å². The summed E-state index contributed by atoms with van der Waals surface area (Å²) in [6.45, 7) is 4.15. The summed E-state index contributed by atoms with van der Waals surface area (Å²) in [7, 11) is 0. The van der Waals surface area contributed by atoms with Gasteiger partial charge in [-0.3, -0.25) is 4.57 Å². The minimum Gasteiger partial charge on any atom is -0.328 e. The first kappa shape index (κ1) is 12.8.